The zero-order chi connectivity index (χ0) is 24.9. The number of unbranched alkanes of at least 4 members (excludes halogenated alkanes) is 2. The first kappa shape index (κ1) is 26.7. The van der Waals surface area contributed by atoms with Gasteiger partial charge in [0, 0.05) is 18.6 Å². The summed E-state index contributed by atoms with van der Waals surface area (Å²) >= 11 is 0. The van der Waals surface area contributed by atoms with Gasteiger partial charge in [-0.3, -0.25) is 9.78 Å². The van der Waals surface area contributed by atoms with Crippen LogP contribution in [0.5, 0.6) is 23.0 Å². The van der Waals surface area contributed by atoms with E-state index in [4.69, 9.17) is 38.5 Å². The fourth-order valence-corrected chi connectivity index (χ4v) is 2.66. The number of hydrogen-bond donors (Lipinski definition) is 0. The van der Waals surface area contributed by atoms with Crippen LogP contribution in [0.25, 0.3) is 0 Å². The standard InChI is InChI=1S/C24H28O10/c1-6-7-8-9-22(31-33-23(25)16-10-18(27-2)14-19(11-16)28-3)32-34-24(26)17-12-20(29-4)15-21(13-17)30-5/h10-15H,1,6-9H2,2-5H3. The first-order chi connectivity index (χ1) is 16.4. The van der Waals surface area contributed by atoms with Crippen LogP contribution in [0.3, 0.4) is 0 Å². The van der Waals surface area contributed by atoms with Gasteiger partial charge < -0.3 is 18.9 Å². The van der Waals surface area contributed by atoms with Crippen LogP contribution >= 0.6 is 0 Å². The summed E-state index contributed by atoms with van der Waals surface area (Å²) in [5, 5.41) is 0. The molecule has 0 N–H and O–H groups in total. The second kappa shape index (κ2) is 13.9. The van der Waals surface area contributed by atoms with Gasteiger partial charge in [0.25, 0.3) is 0 Å². The first-order valence-corrected chi connectivity index (χ1v) is 10.3. The van der Waals surface area contributed by atoms with Crippen molar-refractivity contribution in [2.75, 3.05) is 28.4 Å². The highest BCUT2D eigenvalue weighted by molar-refractivity contribution is 5.90. The number of rotatable bonds is 14. The molecular weight excluding hydrogens is 448 g/mol. The van der Waals surface area contributed by atoms with Gasteiger partial charge in [-0.2, -0.15) is 0 Å². The lowest BCUT2D eigenvalue weighted by Crippen LogP contribution is -2.16. The maximum Gasteiger partial charge on any atom is 0.373 e. The van der Waals surface area contributed by atoms with Crippen molar-refractivity contribution < 1.29 is 48.1 Å². The highest BCUT2D eigenvalue weighted by Gasteiger charge is 2.22. The third-order valence-corrected chi connectivity index (χ3v) is 4.48. The molecule has 0 aliphatic rings. The fourth-order valence-electron chi connectivity index (χ4n) is 2.66. The second-order valence-electron chi connectivity index (χ2n) is 6.79. The molecule has 0 spiro atoms. The summed E-state index contributed by atoms with van der Waals surface area (Å²) in [4.78, 5) is 44.7. The molecule has 0 bridgehead atoms. The Bertz CT molecular complexity index is 827. The molecule has 0 heterocycles. The Kier molecular flexibility index (Phi) is 10.9. The molecule has 0 amide bonds. The van der Waals surface area contributed by atoms with Crippen molar-refractivity contribution in [1.82, 2.24) is 0 Å². The van der Waals surface area contributed by atoms with Gasteiger partial charge in [0.05, 0.1) is 39.6 Å². The van der Waals surface area contributed by atoms with Crippen molar-refractivity contribution in [2.45, 2.75) is 25.7 Å². The molecule has 10 nitrogen and oxygen atoms in total. The van der Waals surface area contributed by atoms with Crippen LogP contribution in [-0.2, 0) is 19.6 Å². The summed E-state index contributed by atoms with van der Waals surface area (Å²) in [5.74, 6) is -0.0944. The van der Waals surface area contributed by atoms with Gasteiger partial charge in [-0.05, 0) is 30.7 Å². The van der Waals surface area contributed by atoms with E-state index in [1.54, 1.807) is 12.1 Å². The maximum atomic E-state index is 12.4. The average Bonchev–Trinajstić information content (AvgIpc) is 2.88. The number of methoxy groups -OCH3 is 4. The lowest BCUT2D eigenvalue weighted by atomic mass is 10.2. The van der Waals surface area contributed by atoms with Gasteiger partial charge >= 0.3 is 18.2 Å². The van der Waals surface area contributed by atoms with E-state index in [-0.39, 0.29) is 23.8 Å². The summed E-state index contributed by atoms with van der Waals surface area (Å²) in [6.07, 6.45) is 1.99. The van der Waals surface area contributed by atoms with Crippen LogP contribution in [-0.4, -0.2) is 40.4 Å². The Morgan fingerprint density at radius 1 is 0.618 bits per heavy atom. The van der Waals surface area contributed by atoms with Crippen LogP contribution in [0.15, 0.2) is 36.4 Å². The Labute approximate surface area is 198 Å². The van der Waals surface area contributed by atoms with Crippen molar-refractivity contribution in [1.29, 1.82) is 0 Å². The van der Waals surface area contributed by atoms with Crippen LogP contribution in [0.4, 0.5) is 0 Å². The van der Waals surface area contributed by atoms with Gasteiger partial charge in [0.2, 0.25) is 0 Å². The number of carbonyl (C=O) groups is 2. The third kappa shape index (κ3) is 8.13. The molecule has 2 rings (SSSR count). The van der Waals surface area contributed by atoms with E-state index in [0.29, 0.717) is 35.8 Å². The molecule has 2 radical (unpaired) electrons. The minimum Gasteiger partial charge on any atom is -0.497 e. The number of ether oxygens (including phenoxy) is 4. The predicted molar refractivity (Wildman–Crippen MR) is 119 cm³/mol. The lowest BCUT2D eigenvalue weighted by molar-refractivity contribution is -0.363. The normalized spacial score (nSPS) is 10.5. The van der Waals surface area contributed by atoms with Crippen LogP contribution in [0, 0.1) is 13.2 Å². The summed E-state index contributed by atoms with van der Waals surface area (Å²) in [7, 11) is 5.81. The van der Waals surface area contributed by atoms with E-state index in [2.05, 4.69) is 6.92 Å². The molecular formula is C24H28O10. The largest absolute Gasteiger partial charge is 0.497 e. The zero-order valence-electron chi connectivity index (χ0n) is 19.6. The highest BCUT2D eigenvalue weighted by Crippen LogP contribution is 2.26. The molecule has 0 saturated heterocycles. The quantitative estimate of drug-likeness (QED) is 0.220. The van der Waals surface area contributed by atoms with Crippen molar-refractivity contribution >= 4 is 11.9 Å². The molecule has 0 unspecified atom stereocenters. The number of benzene rings is 2. The van der Waals surface area contributed by atoms with Crippen LogP contribution in [0.1, 0.15) is 46.4 Å². The van der Waals surface area contributed by atoms with Crippen LogP contribution < -0.4 is 18.9 Å². The van der Waals surface area contributed by atoms with Gasteiger partial charge in [-0.25, -0.2) is 9.59 Å². The summed E-state index contributed by atoms with van der Waals surface area (Å²) in [5.41, 5.74) is 0.238. The molecule has 0 aliphatic carbocycles. The minimum absolute atomic E-state index is 0.119. The Balaban J connectivity index is 2.03. The molecule has 10 heteroatoms. The van der Waals surface area contributed by atoms with E-state index in [9.17, 15) is 9.59 Å². The molecule has 0 aromatic heterocycles. The summed E-state index contributed by atoms with van der Waals surface area (Å²) in [6, 6.07) is 9.01. The van der Waals surface area contributed by atoms with Gasteiger partial charge in [-0.1, -0.05) is 19.8 Å². The van der Waals surface area contributed by atoms with Crippen LogP contribution in [0.2, 0.25) is 0 Å². The SMILES string of the molecule is [CH2]CCCC[C](OOC(=O)c1cc(OC)cc(OC)c1)OOC(=O)c1cc(OC)cc(OC)c1. The molecule has 2 aromatic carbocycles. The van der Waals surface area contributed by atoms with E-state index < -0.39 is 11.9 Å². The molecule has 0 fully saturated rings. The monoisotopic (exact) mass is 476 g/mol. The smallest absolute Gasteiger partial charge is 0.373 e. The molecule has 0 saturated carbocycles. The number of carbonyl (C=O) groups excluding carboxylic acids is 2. The van der Waals surface area contributed by atoms with E-state index in [0.717, 1.165) is 6.42 Å². The van der Waals surface area contributed by atoms with E-state index >= 15 is 0 Å². The molecule has 34 heavy (non-hydrogen) atoms. The first-order valence-electron chi connectivity index (χ1n) is 10.3. The minimum atomic E-state index is -0.834. The molecule has 184 valence electrons. The third-order valence-electron chi connectivity index (χ3n) is 4.48. The Morgan fingerprint density at radius 3 is 1.32 bits per heavy atom. The summed E-state index contributed by atoms with van der Waals surface area (Å²) < 4.78 is 20.6. The maximum absolute atomic E-state index is 12.4. The van der Waals surface area contributed by atoms with E-state index in [1.165, 1.54) is 52.7 Å². The Morgan fingerprint density at radius 2 is 1.00 bits per heavy atom. The van der Waals surface area contributed by atoms with Gasteiger partial charge in [-0.15, -0.1) is 9.78 Å². The van der Waals surface area contributed by atoms with Gasteiger partial charge in [0.15, 0.2) is 0 Å². The predicted octanol–water partition coefficient (Wildman–Crippen LogP) is 4.48. The average molecular weight is 476 g/mol. The molecule has 0 atom stereocenters. The zero-order valence-corrected chi connectivity index (χ0v) is 19.6. The molecule has 2 aromatic rings. The van der Waals surface area contributed by atoms with E-state index in [1.807, 2.05) is 0 Å². The lowest BCUT2D eigenvalue weighted by Gasteiger charge is -2.14. The highest BCUT2D eigenvalue weighted by atomic mass is 17.3. The second-order valence-corrected chi connectivity index (χ2v) is 6.79. The topological polar surface area (TPSA) is 108 Å². The number of hydrogen-bond acceptors (Lipinski definition) is 10. The van der Waals surface area contributed by atoms with Crippen molar-refractivity contribution in [3.8, 4) is 23.0 Å². The Hall–Kier alpha value is -3.50. The van der Waals surface area contributed by atoms with Gasteiger partial charge in [0.1, 0.15) is 23.0 Å². The molecule has 0 aliphatic heterocycles. The fraction of sp³-hybridized carbons (Fsp3) is 0.333. The van der Waals surface area contributed by atoms with Crippen molar-refractivity contribution in [3.63, 3.8) is 0 Å². The summed E-state index contributed by atoms with van der Waals surface area (Å²) in [6.45, 7) is 3.77. The van der Waals surface area contributed by atoms with Crippen molar-refractivity contribution in [2.24, 2.45) is 0 Å². The van der Waals surface area contributed by atoms with Crippen molar-refractivity contribution in [3.05, 3.63) is 60.7 Å².